The zero-order valence-corrected chi connectivity index (χ0v) is 15.8. The van der Waals surface area contributed by atoms with E-state index in [0.29, 0.717) is 18.0 Å². The van der Waals surface area contributed by atoms with E-state index in [9.17, 15) is 4.79 Å². The van der Waals surface area contributed by atoms with Gasteiger partial charge in [0.2, 0.25) is 5.91 Å². The fourth-order valence-electron chi connectivity index (χ4n) is 3.56. The Bertz CT molecular complexity index is 758. The molecule has 2 unspecified atom stereocenters. The Kier molecular flexibility index (Phi) is 5.45. The SMILES string of the molecule is Cc1cc(C)n(C(C)CC(=O)N2CCNCC2c2cccc(Cl)c2)n1. The van der Waals surface area contributed by atoms with Gasteiger partial charge in [-0.2, -0.15) is 5.10 Å². The Morgan fingerprint density at radius 2 is 2.20 bits per heavy atom. The fraction of sp³-hybridized carbons (Fsp3) is 0.474. The van der Waals surface area contributed by atoms with Gasteiger partial charge in [-0.3, -0.25) is 9.48 Å². The van der Waals surface area contributed by atoms with Crippen LogP contribution in [0.2, 0.25) is 5.02 Å². The molecule has 0 saturated carbocycles. The summed E-state index contributed by atoms with van der Waals surface area (Å²) in [5.41, 5.74) is 3.15. The lowest BCUT2D eigenvalue weighted by Gasteiger charge is -2.37. The number of rotatable bonds is 4. The number of hydrogen-bond donors (Lipinski definition) is 1. The first-order valence-electron chi connectivity index (χ1n) is 8.74. The molecule has 2 heterocycles. The van der Waals surface area contributed by atoms with Crippen molar-refractivity contribution in [2.45, 2.75) is 39.3 Å². The third-order valence-corrected chi connectivity index (χ3v) is 4.96. The van der Waals surface area contributed by atoms with Crippen LogP contribution in [0.3, 0.4) is 0 Å². The monoisotopic (exact) mass is 360 g/mol. The maximum atomic E-state index is 13.0. The minimum atomic E-state index is 0.0209. The molecule has 1 fully saturated rings. The molecule has 0 aliphatic carbocycles. The molecule has 5 nitrogen and oxygen atoms in total. The molecule has 25 heavy (non-hydrogen) atoms. The van der Waals surface area contributed by atoms with Gasteiger partial charge >= 0.3 is 0 Å². The first-order valence-corrected chi connectivity index (χ1v) is 9.12. The Morgan fingerprint density at radius 3 is 2.88 bits per heavy atom. The zero-order valence-electron chi connectivity index (χ0n) is 15.0. The Labute approximate surface area is 154 Å². The molecule has 134 valence electrons. The van der Waals surface area contributed by atoms with Crippen LogP contribution in [-0.4, -0.2) is 40.2 Å². The van der Waals surface area contributed by atoms with Gasteiger partial charge in [-0.15, -0.1) is 0 Å². The molecular weight excluding hydrogens is 336 g/mol. The molecule has 1 amide bonds. The van der Waals surface area contributed by atoms with Gasteiger partial charge in [0.25, 0.3) is 0 Å². The fourth-order valence-corrected chi connectivity index (χ4v) is 3.76. The number of carbonyl (C=O) groups excluding carboxylic acids is 1. The van der Waals surface area contributed by atoms with Crippen LogP contribution in [0.5, 0.6) is 0 Å². The highest BCUT2D eigenvalue weighted by molar-refractivity contribution is 6.30. The highest BCUT2D eigenvalue weighted by Gasteiger charge is 2.29. The van der Waals surface area contributed by atoms with Crippen LogP contribution in [-0.2, 0) is 4.79 Å². The van der Waals surface area contributed by atoms with Crippen LogP contribution in [0.25, 0.3) is 0 Å². The third kappa shape index (κ3) is 4.05. The summed E-state index contributed by atoms with van der Waals surface area (Å²) in [6.07, 6.45) is 0.443. The van der Waals surface area contributed by atoms with E-state index in [0.717, 1.165) is 30.0 Å². The predicted molar refractivity (Wildman–Crippen MR) is 99.8 cm³/mol. The molecule has 1 aliphatic rings. The van der Waals surface area contributed by atoms with Crippen LogP contribution in [0, 0.1) is 13.8 Å². The molecule has 0 radical (unpaired) electrons. The van der Waals surface area contributed by atoms with Gasteiger partial charge in [-0.1, -0.05) is 23.7 Å². The van der Waals surface area contributed by atoms with Crippen molar-refractivity contribution in [3.8, 4) is 0 Å². The molecule has 1 aromatic carbocycles. The predicted octanol–water partition coefficient (Wildman–Crippen LogP) is 3.28. The number of piperazine rings is 1. The van der Waals surface area contributed by atoms with Gasteiger partial charge in [-0.25, -0.2) is 0 Å². The summed E-state index contributed by atoms with van der Waals surface area (Å²) >= 11 is 6.14. The van der Waals surface area contributed by atoms with Gasteiger partial charge in [0.1, 0.15) is 0 Å². The van der Waals surface area contributed by atoms with Gasteiger partial charge in [-0.05, 0) is 44.5 Å². The van der Waals surface area contributed by atoms with Gasteiger partial charge < -0.3 is 10.2 Å². The number of hydrogen-bond acceptors (Lipinski definition) is 3. The van der Waals surface area contributed by atoms with Gasteiger partial charge in [0.15, 0.2) is 0 Å². The van der Waals surface area contributed by atoms with Gasteiger partial charge in [0.05, 0.1) is 17.8 Å². The van der Waals surface area contributed by atoms with E-state index in [1.807, 2.05) is 60.7 Å². The van der Waals surface area contributed by atoms with E-state index >= 15 is 0 Å². The molecule has 1 aromatic heterocycles. The molecule has 2 atom stereocenters. The first kappa shape index (κ1) is 18.0. The number of benzene rings is 1. The van der Waals surface area contributed by atoms with Crippen molar-refractivity contribution >= 4 is 17.5 Å². The summed E-state index contributed by atoms with van der Waals surface area (Å²) in [5.74, 6) is 0.159. The zero-order chi connectivity index (χ0) is 18.0. The van der Waals surface area contributed by atoms with Crippen LogP contribution >= 0.6 is 11.6 Å². The molecule has 6 heteroatoms. The van der Waals surface area contributed by atoms with Crippen LogP contribution in [0.1, 0.15) is 42.4 Å². The minimum absolute atomic E-state index is 0.0209. The van der Waals surface area contributed by atoms with E-state index in [2.05, 4.69) is 10.4 Å². The van der Waals surface area contributed by atoms with Crippen molar-refractivity contribution in [2.75, 3.05) is 19.6 Å². The third-order valence-electron chi connectivity index (χ3n) is 4.73. The van der Waals surface area contributed by atoms with Crippen molar-refractivity contribution in [3.63, 3.8) is 0 Å². The van der Waals surface area contributed by atoms with E-state index < -0.39 is 0 Å². The number of halogens is 1. The summed E-state index contributed by atoms with van der Waals surface area (Å²) in [7, 11) is 0. The van der Waals surface area contributed by atoms with E-state index in [1.54, 1.807) is 0 Å². The maximum Gasteiger partial charge on any atom is 0.225 e. The second kappa shape index (κ2) is 7.58. The number of aryl methyl sites for hydroxylation is 2. The number of aromatic nitrogens is 2. The quantitative estimate of drug-likeness (QED) is 0.910. The Hall–Kier alpha value is -1.85. The van der Waals surface area contributed by atoms with E-state index in [1.165, 1.54) is 0 Å². The summed E-state index contributed by atoms with van der Waals surface area (Å²) < 4.78 is 1.95. The molecular formula is C19H25ClN4O. The van der Waals surface area contributed by atoms with Crippen molar-refractivity contribution in [1.29, 1.82) is 0 Å². The summed E-state index contributed by atoms with van der Waals surface area (Å²) in [4.78, 5) is 15.0. The summed E-state index contributed by atoms with van der Waals surface area (Å²) in [6, 6.07) is 9.88. The van der Waals surface area contributed by atoms with E-state index in [4.69, 9.17) is 11.6 Å². The lowest BCUT2D eigenvalue weighted by molar-refractivity contribution is -0.135. The number of carbonyl (C=O) groups is 1. The molecule has 1 aliphatic heterocycles. The standard InChI is InChI=1S/C19H25ClN4O/c1-13-9-14(2)24(22-13)15(3)10-19(25)23-8-7-21-12-18(23)16-5-4-6-17(20)11-16/h4-6,9,11,15,18,21H,7-8,10,12H2,1-3H3. The molecule has 0 bridgehead atoms. The van der Waals surface area contributed by atoms with Crippen molar-refractivity contribution in [1.82, 2.24) is 20.0 Å². The second-order valence-electron chi connectivity index (χ2n) is 6.79. The molecule has 1 N–H and O–H groups in total. The normalized spacial score (nSPS) is 19.0. The highest BCUT2D eigenvalue weighted by Crippen LogP contribution is 2.26. The smallest absolute Gasteiger partial charge is 0.225 e. The topological polar surface area (TPSA) is 50.2 Å². The highest BCUT2D eigenvalue weighted by atomic mass is 35.5. The lowest BCUT2D eigenvalue weighted by atomic mass is 10.0. The van der Waals surface area contributed by atoms with Gasteiger partial charge in [0, 0.05) is 36.8 Å². The van der Waals surface area contributed by atoms with Crippen molar-refractivity contribution in [3.05, 3.63) is 52.3 Å². The number of nitrogens with one attached hydrogen (secondary N) is 1. The molecule has 3 rings (SSSR count). The van der Waals surface area contributed by atoms with Crippen LogP contribution in [0.4, 0.5) is 0 Å². The first-order chi connectivity index (χ1) is 12.0. The maximum absolute atomic E-state index is 13.0. The average Bonchev–Trinajstić information content (AvgIpc) is 2.93. The molecule has 2 aromatic rings. The van der Waals surface area contributed by atoms with Crippen LogP contribution < -0.4 is 5.32 Å². The largest absolute Gasteiger partial charge is 0.333 e. The summed E-state index contributed by atoms with van der Waals surface area (Å²) in [6.45, 7) is 8.33. The lowest BCUT2D eigenvalue weighted by Crippen LogP contribution is -2.49. The Balaban J connectivity index is 1.76. The van der Waals surface area contributed by atoms with Crippen molar-refractivity contribution < 1.29 is 4.79 Å². The van der Waals surface area contributed by atoms with Crippen LogP contribution in [0.15, 0.2) is 30.3 Å². The molecule has 0 spiro atoms. The summed E-state index contributed by atoms with van der Waals surface area (Å²) in [5, 5.41) is 8.59. The molecule has 1 saturated heterocycles. The Morgan fingerprint density at radius 1 is 1.40 bits per heavy atom. The second-order valence-corrected chi connectivity index (χ2v) is 7.22. The van der Waals surface area contributed by atoms with E-state index in [-0.39, 0.29) is 18.0 Å². The minimum Gasteiger partial charge on any atom is -0.333 e. The average molecular weight is 361 g/mol. The number of nitrogens with zero attached hydrogens (tertiary/aromatic N) is 3. The van der Waals surface area contributed by atoms with Crippen molar-refractivity contribution in [2.24, 2.45) is 0 Å². The number of amides is 1.